The number of carbonyl (C=O) groups excluding carboxylic acids is 2. The van der Waals surface area contributed by atoms with Crippen LogP contribution in [0.2, 0.25) is 0 Å². The van der Waals surface area contributed by atoms with Crippen LogP contribution in [0.5, 0.6) is 11.5 Å². The van der Waals surface area contributed by atoms with Crippen molar-refractivity contribution in [2.75, 3.05) is 31.6 Å². The number of nitrogens with zero attached hydrogens (tertiary/aromatic N) is 2. The van der Waals surface area contributed by atoms with Crippen molar-refractivity contribution in [1.82, 2.24) is 9.47 Å². The third kappa shape index (κ3) is 4.16. The molecular weight excluding hydrogens is 422 g/mol. The molecule has 3 heterocycles. The highest BCUT2D eigenvalue weighted by Crippen LogP contribution is 2.34. The molecule has 2 aliphatic heterocycles. The van der Waals surface area contributed by atoms with Crippen molar-refractivity contribution in [3.05, 3.63) is 64.6 Å². The van der Waals surface area contributed by atoms with Gasteiger partial charge in [-0.2, -0.15) is 0 Å². The van der Waals surface area contributed by atoms with Crippen LogP contribution < -0.4 is 20.3 Å². The van der Waals surface area contributed by atoms with E-state index >= 15 is 0 Å². The molecule has 2 aromatic carbocycles. The average molecular weight is 447 g/mol. The van der Waals surface area contributed by atoms with Gasteiger partial charge in [0.25, 0.3) is 11.5 Å². The molecule has 2 aliphatic rings. The third-order valence-corrected chi connectivity index (χ3v) is 6.08. The Kier molecular flexibility index (Phi) is 5.73. The molecule has 0 radical (unpaired) electrons. The second kappa shape index (κ2) is 8.97. The predicted molar refractivity (Wildman–Crippen MR) is 124 cm³/mol. The summed E-state index contributed by atoms with van der Waals surface area (Å²) in [5, 5.41) is 4.12. The van der Waals surface area contributed by atoms with E-state index in [0.29, 0.717) is 66.2 Å². The molecule has 1 saturated heterocycles. The highest BCUT2D eigenvalue weighted by Gasteiger charge is 2.21. The fourth-order valence-electron chi connectivity index (χ4n) is 4.42. The van der Waals surface area contributed by atoms with Crippen molar-refractivity contribution in [2.45, 2.75) is 25.8 Å². The summed E-state index contributed by atoms with van der Waals surface area (Å²) in [5.41, 5.74) is 0.818. The molecular formula is C25H25N3O5. The molecule has 170 valence electrons. The Labute approximate surface area is 190 Å². The van der Waals surface area contributed by atoms with Crippen molar-refractivity contribution >= 4 is 28.3 Å². The highest BCUT2D eigenvalue weighted by molar-refractivity contribution is 6.10. The van der Waals surface area contributed by atoms with E-state index in [2.05, 4.69) is 5.32 Å². The fourth-order valence-corrected chi connectivity index (χ4v) is 4.42. The number of aryl methyl sites for hydroxylation is 1. The number of pyridine rings is 1. The number of anilines is 1. The second-order valence-corrected chi connectivity index (χ2v) is 8.20. The first-order chi connectivity index (χ1) is 16.1. The number of ether oxygens (including phenoxy) is 2. The molecule has 5 rings (SSSR count). The van der Waals surface area contributed by atoms with Crippen LogP contribution in [-0.2, 0) is 11.3 Å². The lowest BCUT2D eigenvalue weighted by molar-refractivity contribution is -0.127. The summed E-state index contributed by atoms with van der Waals surface area (Å²) < 4.78 is 12.9. The number of amides is 2. The van der Waals surface area contributed by atoms with Gasteiger partial charge in [0.05, 0.1) is 5.56 Å². The summed E-state index contributed by atoms with van der Waals surface area (Å²) in [4.78, 5) is 39.7. The van der Waals surface area contributed by atoms with Crippen LogP contribution in [0.1, 0.15) is 29.6 Å². The van der Waals surface area contributed by atoms with Crippen molar-refractivity contribution in [3.63, 3.8) is 0 Å². The average Bonchev–Trinajstić information content (AvgIpc) is 3.25. The van der Waals surface area contributed by atoms with Gasteiger partial charge in [-0.05, 0) is 43.2 Å². The molecule has 2 amide bonds. The van der Waals surface area contributed by atoms with E-state index in [0.717, 1.165) is 19.4 Å². The minimum atomic E-state index is -0.329. The minimum absolute atomic E-state index is 0.120. The number of para-hydroxylation sites is 1. The van der Waals surface area contributed by atoms with Crippen LogP contribution in [0.15, 0.2) is 53.5 Å². The minimum Gasteiger partial charge on any atom is -0.486 e. The van der Waals surface area contributed by atoms with Crippen LogP contribution >= 0.6 is 0 Å². The largest absolute Gasteiger partial charge is 0.486 e. The van der Waals surface area contributed by atoms with Gasteiger partial charge in [-0.25, -0.2) is 0 Å². The quantitative estimate of drug-likeness (QED) is 0.627. The maximum atomic E-state index is 13.1. The number of rotatable bonds is 6. The topological polar surface area (TPSA) is 89.9 Å². The van der Waals surface area contributed by atoms with E-state index in [1.54, 1.807) is 47.2 Å². The molecule has 0 aliphatic carbocycles. The van der Waals surface area contributed by atoms with Gasteiger partial charge in [0.2, 0.25) is 5.91 Å². The number of nitrogens with one attached hydrogen (secondary N) is 1. The lowest BCUT2D eigenvalue weighted by Gasteiger charge is -2.20. The normalized spacial score (nSPS) is 15.2. The maximum absolute atomic E-state index is 13.1. The van der Waals surface area contributed by atoms with Gasteiger partial charge in [-0.15, -0.1) is 0 Å². The molecule has 1 aromatic heterocycles. The number of hydrogen-bond donors (Lipinski definition) is 1. The van der Waals surface area contributed by atoms with Crippen molar-refractivity contribution in [1.29, 1.82) is 0 Å². The van der Waals surface area contributed by atoms with E-state index in [-0.39, 0.29) is 17.4 Å². The van der Waals surface area contributed by atoms with Gasteiger partial charge in [0.1, 0.15) is 13.2 Å². The summed E-state index contributed by atoms with van der Waals surface area (Å²) in [6, 6.07) is 12.3. The summed E-state index contributed by atoms with van der Waals surface area (Å²) >= 11 is 0. The fraction of sp³-hybridized carbons (Fsp3) is 0.320. The lowest BCUT2D eigenvalue weighted by Crippen LogP contribution is -2.28. The van der Waals surface area contributed by atoms with Gasteiger partial charge >= 0.3 is 0 Å². The van der Waals surface area contributed by atoms with E-state index in [1.165, 1.54) is 0 Å². The van der Waals surface area contributed by atoms with Gasteiger partial charge in [-0.1, -0.05) is 12.1 Å². The number of benzene rings is 2. The Balaban J connectivity index is 1.35. The zero-order valence-electron chi connectivity index (χ0n) is 18.2. The first-order valence-electron chi connectivity index (χ1n) is 11.2. The summed E-state index contributed by atoms with van der Waals surface area (Å²) in [5.74, 6) is 0.841. The first kappa shape index (κ1) is 21.1. The Morgan fingerprint density at radius 3 is 2.67 bits per heavy atom. The molecule has 33 heavy (non-hydrogen) atoms. The zero-order valence-corrected chi connectivity index (χ0v) is 18.2. The first-order valence-corrected chi connectivity index (χ1v) is 11.2. The lowest BCUT2D eigenvalue weighted by atomic mass is 10.1. The van der Waals surface area contributed by atoms with Crippen LogP contribution in [0.3, 0.4) is 0 Å². The number of hydrogen-bond acceptors (Lipinski definition) is 5. The van der Waals surface area contributed by atoms with Crippen molar-refractivity contribution in [2.24, 2.45) is 0 Å². The van der Waals surface area contributed by atoms with E-state index in [1.807, 2.05) is 11.0 Å². The molecule has 8 nitrogen and oxygen atoms in total. The molecule has 1 N–H and O–H groups in total. The Morgan fingerprint density at radius 1 is 0.970 bits per heavy atom. The highest BCUT2D eigenvalue weighted by atomic mass is 16.6. The zero-order chi connectivity index (χ0) is 22.8. The molecule has 1 fully saturated rings. The second-order valence-electron chi connectivity index (χ2n) is 8.20. The van der Waals surface area contributed by atoms with E-state index in [9.17, 15) is 14.4 Å². The van der Waals surface area contributed by atoms with Crippen molar-refractivity contribution < 1.29 is 19.1 Å². The van der Waals surface area contributed by atoms with Crippen LogP contribution in [0, 0.1) is 0 Å². The summed E-state index contributed by atoms with van der Waals surface area (Å²) in [6.45, 7) is 2.82. The monoisotopic (exact) mass is 447 g/mol. The maximum Gasteiger partial charge on any atom is 0.259 e. The predicted octanol–water partition coefficient (Wildman–Crippen LogP) is 3.04. The standard InChI is InChI=1S/C25H25N3O5/c29-22-9-3-11-27(22)12-4-13-28-14-10-17-18(25(28)31)5-1-7-20(17)26-24(30)19-6-2-8-21-23(19)33-16-15-32-21/h1-2,5-8,10,14H,3-4,9,11-13,15-16H2,(H,26,30). The molecule has 0 unspecified atom stereocenters. The van der Waals surface area contributed by atoms with Gasteiger partial charge < -0.3 is 24.3 Å². The molecule has 0 spiro atoms. The molecule has 0 atom stereocenters. The molecule has 0 bridgehead atoms. The van der Waals surface area contributed by atoms with Gasteiger partial charge in [0.15, 0.2) is 11.5 Å². The Hall–Kier alpha value is -3.81. The molecule has 3 aromatic rings. The third-order valence-electron chi connectivity index (χ3n) is 6.08. The van der Waals surface area contributed by atoms with Crippen LogP contribution in [0.4, 0.5) is 5.69 Å². The van der Waals surface area contributed by atoms with Crippen LogP contribution in [0.25, 0.3) is 10.8 Å². The Bertz CT molecular complexity index is 1280. The number of likely N-dealkylation sites (tertiary alicyclic amines) is 1. The molecule has 8 heteroatoms. The number of aromatic nitrogens is 1. The summed E-state index contributed by atoms with van der Waals surface area (Å²) in [7, 11) is 0. The number of carbonyl (C=O) groups is 2. The molecule has 0 saturated carbocycles. The van der Waals surface area contributed by atoms with Gasteiger partial charge in [0, 0.05) is 48.7 Å². The van der Waals surface area contributed by atoms with Crippen LogP contribution in [-0.4, -0.2) is 47.6 Å². The van der Waals surface area contributed by atoms with E-state index < -0.39 is 0 Å². The Morgan fingerprint density at radius 2 is 1.82 bits per heavy atom. The summed E-state index contributed by atoms with van der Waals surface area (Å²) in [6.07, 6.45) is 3.99. The van der Waals surface area contributed by atoms with E-state index in [4.69, 9.17) is 9.47 Å². The smallest absolute Gasteiger partial charge is 0.259 e. The number of fused-ring (bicyclic) bond motifs is 2. The van der Waals surface area contributed by atoms with Gasteiger partial charge in [-0.3, -0.25) is 14.4 Å². The van der Waals surface area contributed by atoms with Crippen molar-refractivity contribution in [3.8, 4) is 11.5 Å². The SMILES string of the molecule is O=C(Nc1cccc2c(=O)n(CCCN3CCCC3=O)ccc12)c1cccc2c1OCCO2.